The maximum Gasteiger partial charge on any atom is 0.335 e. The van der Waals surface area contributed by atoms with Crippen molar-refractivity contribution in [3.8, 4) is 5.75 Å². The highest BCUT2D eigenvalue weighted by molar-refractivity contribution is 7.90. The van der Waals surface area contributed by atoms with E-state index in [1.807, 2.05) is 4.72 Å². The number of carbonyl (C=O) groups excluding carboxylic acids is 1. The summed E-state index contributed by atoms with van der Waals surface area (Å²) in [5.74, 6) is 0.298. The lowest BCUT2D eigenvalue weighted by atomic mass is 10.3. The summed E-state index contributed by atoms with van der Waals surface area (Å²) in [6.07, 6.45) is 0. The van der Waals surface area contributed by atoms with Crippen LogP contribution in [0.4, 0.5) is 16.7 Å². The zero-order valence-electron chi connectivity index (χ0n) is 14.5. The van der Waals surface area contributed by atoms with Crippen LogP contribution in [0.15, 0.2) is 39.9 Å². The Morgan fingerprint density at radius 1 is 1.33 bits per heavy atom. The number of nitrogens with zero attached hydrogens (tertiary/aromatic N) is 4. The highest BCUT2D eigenvalue weighted by atomic mass is 35.5. The molecule has 146 valence electrons. The number of halogens is 2. The zero-order valence-corrected chi connectivity index (χ0v) is 16.8. The van der Waals surface area contributed by atoms with E-state index in [0.717, 1.165) is 5.54 Å². The van der Waals surface area contributed by atoms with Crippen LogP contribution in [0.25, 0.3) is 0 Å². The molecule has 0 aliphatic rings. The Bertz CT molecular complexity index is 974. The molecule has 2 rings (SSSR count). The number of sulfonamides is 1. The van der Waals surface area contributed by atoms with Gasteiger partial charge in [0.25, 0.3) is 16.0 Å². The standard InChI is InChI=1S/C14H16Cl2N6O4S/c1-21(2)14-18-12(19-22(14)3)17-13(23)20-27(24,25)10-7-5-4-6-9(10)26-11(16)8-15/h4-8H,1-3H3,(H2,17,19,20,23). The Balaban J connectivity index is 2.19. The second kappa shape index (κ2) is 8.46. The number of hydrogen-bond donors (Lipinski definition) is 2. The molecule has 0 fully saturated rings. The SMILES string of the molecule is CN(C)c1nc(NC(=O)NS(=O)(=O)c2ccccc2OC(Cl)=CCl)nn1C. The monoisotopic (exact) mass is 434 g/mol. The lowest BCUT2D eigenvalue weighted by Gasteiger charge is -2.11. The van der Waals surface area contributed by atoms with E-state index in [4.69, 9.17) is 27.9 Å². The van der Waals surface area contributed by atoms with Gasteiger partial charge in [-0.05, 0) is 23.7 Å². The van der Waals surface area contributed by atoms with E-state index in [9.17, 15) is 13.2 Å². The van der Waals surface area contributed by atoms with Crippen LogP contribution in [0.2, 0.25) is 0 Å². The second-order valence-electron chi connectivity index (χ2n) is 5.28. The van der Waals surface area contributed by atoms with Gasteiger partial charge in [0.05, 0.1) is 5.54 Å². The van der Waals surface area contributed by atoms with Crippen LogP contribution in [0.5, 0.6) is 5.75 Å². The normalized spacial score (nSPS) is 11.8. The number of amides is 2. The Kier molecular flexibility index (Phi) is 6.52. The first kappa shape index (κ1) is 20.8. The molecule has 2 aromatic rings. The summed E-state index contributed by atoms with van der Waals surface area (Å²) in [5, 5.41) is 5.99. The number of ether oxygens (including phenoxy) is 1. The van der Waals surface area contributed by atoms with Gasteiger partial charge in [-0.15, -0.1) is 5.10 Å². The summed E-state index contributed by atoms with van der Waals surface area (Å²) in [5.41, 5.74) is 0.931. The summed E-state index contributed by atoms with van der Waals surface area (Å²) in [6.45, 7) is 0. The number of urea groups is 1. The predicted molar refractivity (Wildman–Crippen MR) is 102 cm³/mol. The predicted octanol–water partition coefficient (Wildman–Crippen LogP) is 2.05. The Labute approximate surface area is 165 Å². The number of benzene rings is 1. The van der Waals surface area contributed by atoms with E-state index >= 15 is 0 Å². The molecule has 13 heteroatoms. The van der Waals surface area contributed by atoms with Gasteiger partial charge in [-0.2, -0.15) is 4.98 Å². The van der Waals surface area contributed by atoms with E-state index < -0.39 is 16.1 Å². The van der Waals surface area contributed by atoms with Gasteiger partial charge >= 0.3 is 6.03 Å². The molecule has 2 N–H and O–H groups in total. The van der Waals surface area contributed by atoms with Gasteiger partial charge in [0, 0.05) is 21.1 Å². The first-order valence-corrected chi connectivity index (χ1v) is 9.58. The molecule has 10 nitrogen and oxygen atoms in total. The molecule has 1 heterocycles. The summed E-state index contributed by atoms with van der Waals surface area (Å²) < 4.78 is 33.4. The maximum absolute atomic E-state index is 12.5. The van der Waals surface area contributed by atoms with E-state index in [1.165, 1.54) is 28.9 Å². The van der Waals surface area contributed by atoms with Crippen molar-refractivity contribution in [2.24, 2.45) is 7.05 Å². The number of nitrogens with one attached hydrogen (secondary N) is 2. The number of para-hydroxylation sites is 1. The van der Waals surface area contributed by atoms with Gasteiger partial charge in [0.15, 0.2) is 0 Å². The molecule has 0 spiro atoms. The average Bonchev–Trinajstić information content (AvgIpc) is 2.94. The molecular formula is C14H16Cl2N6O4S. The average molecular weight is 435 g/mol. The highest BCUT2D eigenvalue weighted by Gasteiger charge is 2.23. The maximum atomic E-state index is 12.5. The van der Waals surface area contributed by atoms with Gasteiger partial charge in [-0.25, -0.2) is 22.6 Å². The molecular weight excluding hydrogens is 419 g/mol. The summed E-state index contributed by atoms with van der Waals surface area (Å²) in [7, 11) is 0.848. The Hall–Kier alpha value is -2.50. The number of aryl methyl sites for hydroxylation is 1. The fraction of sp³-hybridized carbons (Fsp3) is 0.214. The molecule has 0 unspecified atom stereocenters. The van der Waals surface area contributed by atoms with Crippen molar-refractivity contribution < 1.29 is 17.9 Å². The van der Waals surface area contributed by atoms with Crippen molar-refractivity contribution >= 4 is 51.2 Å². The minimum Gasteiger partial charge on any atom is -0.443 e. The van der Waals surface area contributed by atoms with Crippen molar-refractivity contribution in [3.63, 3.8) is 0 Å². The van der Waals surface area contributed by atoms with Gasteiger partial charge in [-0.1, -0.05) is 23.7 Å². The van der Waals surface area contributed by atoms with E-state index in [2.05, 4.69) is 15.4 Å². The third-order valence-corrected chi connectivity index (χ3v) is 4.89. The molecule has 27 heavy (non-hydrogen) atoms. The lowest BCUT2D eigenvalue weighted by molar-refractivity contribution is 0.256. The van der Waals surface area contributed by atoms with Crippen LogP contribution in [0.1, 0.15) is 0 Å². The lowest BCUT2D eigenvalue weighted by Crippen LogP contribution is -2.34. The van der Waals surface area contributed by atoms with Crippen molar-refractivity contribution in [1.29, 1.82) is 0 Å². The van der Waals surface area contributed by atoms with Crippen LogP contribution in [-0.2, 0) is 17.1 Å². The Morgan fingerprint density at radius 2 is 2.00 bits per heavy atom. The molecule has 1 aromatic carbocycles. The second-order valence-corrected chi connectivity index (χ2v) is 7.52. The van der Waals surface area contributed by atoms with Crippen LogP contribution >= 0.6 is 23.2 Å². The van der Waals surface area contributed by atoms with Gasteiger partial charge < -0.3 is 9.64 Å². The number of anilines is 2. The Morgan fingerprint density at radius 3 is 2.59 bits per heavy atom. The molecule has 2 amide bonds. The van der Waals surface area contributed by atoms with Gasteiger partial charge in [-0.3, -0.25) is 5.32 Å². The molecule has 0 aliphatic carbocycles. The first-order valence-electron chi connectivity index (χ1n) is 7.29. The van der Waals surface area contributed by atoms with Crippen molar-refractivity contribution in [1.82, 2.24) is 19.5 Å². The largest absolute Gasteiger partial charge is 0.443 e. The minimum atomic E-state index is -4.27. The number of aromatic nitrogens is 3. The van der Waals surface area contributed by atoms with E-state index in [-0.39, 0.29) is 21.8 Å². The highest BCUT2D eigenvalue weighted by Crippen LogP contribution is 2.26. The van der Waals surface area contributed by atoms with Crippen molar-refractivity contribution in [2.45, 2.75) is 4.90 Å². The molecule has 0 atom stereocenters. The number of rotatable bonds is 6. The van der Waals surface area contributed by atoms with E-state index in [0.29, 0.717) is 5.95 Å². The minimum absolute atomic E-state index is 0.0634. The topological polar surface area (TPSA) is 118 Å². The fourth-order valence-electron chi connectivity index (χ4n) is 2.01. The van der Waals surface area contributed by atoms with Gasteiger partial charge in [0.2, 0.25) is 11.2 Å². The molecule has 0 saturated carbocycles. The quantitative estimate of drug-likeness (QED) is 0.667. The molecule has 0 aliphatic heterocycles. The summed E-state index contributed by atoms with van der Waals surface area (Å²) in [4.78, 5) is 17.5. The smallest absolute Gasteiger partial charge is 0.335 e. The van der Waals surface area contributed by atoms with Crippen LogP contribution in [-0.4, -0.2) is 43.3 Å². The van der Waals surface area contributed by atoms with Crippen LogP contribution in [0.3, 0.4) is 0 Å². The molecule has 1 aromatic heterocycles. The summed E-state index contributed by atoms with van der Waals surface area (Å²) in [6, 6.07) is 4.56. The molecule has 0 saturated heterocycles. The molecule has 0 bridgehead atoms. The van der Waals surface area contributed by atoms with Crippen molar-refractivity contribution in [3.05, 3.63) is 35.0 Å². The molecule has 0 radical (unpaired) electrons. The van der Waals surface area contributed by atoms with Crippen LogP contribution in [0, 0.1) is 0 Å². The van der Waals surface area contributed by atoms with Gasteiger partial charge in [0.1, 0.15) is 10.6 Å². The number of carbonyl (C=O) groups is 1. The third-order valence-electron chi connectivity index (χ3n) is 3.02. The van der Waals surface area contributed by atoms with Crippen LogP contribution < -0.4 is 19.7 Å². The van der Waals surface area contributed by atoms with Crippen molar-refractivity contribution in [2.75, 3.05) is 24.3 Å². The summed E-state index contributed by atoms with van der Waals surface area (Å²) >= 11 is 11.1. The third kappa shape index (κ3) is 5.25. The fourth-order valence-corrected chi connectivity index (χ4v) is 3.17. The number of hydrogen-bond acceptors (Lipinski definition) is 7. The zero-order chi connectivity index (χ0) is 20.2. The van der Waals surface area contributed by atoms with E-state index in [1.54, 1.807) is 26.0 Å². The first-order chi connectivity index (χ1) is 12.6.